The first-order valence-corrected chi connectivity index (χ1v) is 11.5. The molecule has 2 aromatic carbocycles. The SMILES string of the molecule is Cc1cc2cc([C@H](c3nnnn3C(C)(C)C)N3CCc4ccccc4C3)c(=O)[nH]c2cc1C. The predicted molar refractivity (Wildman–Crippen MR) is 129 cm³/mol. The van der Waals surface area contributed by atoms with E-state index in [4.69, 9.17) is 0 Å². The molecule has 2 aromatic heterocycles. The number of aromatic nitrogens is 5. The number of tetrazole rings is 1. The second kappa shape index (κ2) is 7.92. The zero-order valence-electron chi connectivity index (χ0n) is 19.9. The van der Waals surface area contributed by atoms with Gasteiger partial charge < -0.3 is 4.98 Å². The van der Waals surface area contributed by atoms with Crippen LogP contribution in [-0.2, 0) is 18.5 Å². The van der Waals surface area contributed by atoms with E-state index in [1.165, 1.54) is 16.7 Å². The van der Waals surface area contributed by atoms with Crippen molar-refractivity contribution in [1.29, 1.82) is 0 Å². The average molecular weight is 443 g/mol. The maximum atomic E-state index is 13.5. The van der Waals surface area contributed by atoms with Crippen LogP contribution in [0.25, 0.3) is 10.9 Å². The molecule has 0 aliphatic carbocycles. The number of rotatable bonds is 3. The molecule has 170 valence electrons. The molecule has 0 saturated carbocycles. The Bertz CT molecular complexity index is 1390. The first-order valence-electron chi connectivity index (χ1n) is 11.5. The summed E-state index contributed by atoms with van der Waals surface area (Å²) < 4.78 is 1.85. The molecule has 0 bridgehead atoms. The lowest BCUT2D eigenvalue weighted by Crippen LogP contribution is -2.40. The van der Waals surface area contributed by atoms with E-state index >= 15 is 0 Å². The maximum Gasteiger partial charge on any atom is 0.253 e. The van der Waals surface area contributed by atoms with Gasteiger partial charge in [0.05, 0.1) is 5.54 Å². The van der Waals surface area contributed by atoms with E-state index in [9.17, 15) is 4.79 Å². The number of nitrogens with zero attached hydrogens (tertiary/aromatic N) is 5. The summed E-state index contributed by atoms with van der Waals surface area (Å²) in [5, 5.41) is 13.8. The van der Waals surface area contributed by atoms with E-state index in [1.807, 2.05) is 16.8 Å². The van der Waals surface area contributed by atoms with Crippen LogP contribution in [0.15, 0.2) is 47.3 Å². The van der Waals surface area contributed by atoms with Crippen LogP contribution in [0.4, 0.5) is 0 Å². The highest BCUT2D eigenvalue weighted by Gasteiger charge is 2.34. The molecule has 1 atom stereocenters. The van der Waals surface area contributed by atoms with Crippen molar-refractivity contribution in [2.24, 2.45) is 0 Å². The molecule has 1 N–H and O–H groups in total. The van der Waals surface area contributed by atoms with Crippen LogP contribution in [0, 0.1) is 13.8 Å². The molecular formula is C26H30N6O. The third kappa shape index (κ3) is 3.86. The molecule has 1 aliphatic rings. The van der Waals surface area contributed by atoms with Crippen LogP contribution in [0.5, 0.6) is 0 Å². The van der Waals surface area contributed by atoms with Crippen LogP contribution >= 0.6 is 0 Å². The number of hydrogen-bond donors (Lipinski definition) is 1. The Labute approximate surface area is 193 Å². The highest BCUT2D eigenvalue weighted by Crippen LogP contribution is 2.33. The van der Waals surface area contributed by atoms with Gasteiger partial charge in [0.1, 0.15) is 6.04 Å². The molecule has 7 nitrogen and oxygen atoms in total. The van der Waals surface area contributed by atoms with Gasteiger partial charge >= 0.3 is 0 Å². The number of pyridine rings is 1. The van der Waals surface area contributed by atoms with Crippen molar-refractivity contribution in [2.75, 3.05) is 6.54 Å². The third-order valence-corrected chi connectivity index (χ3v) is 6.68. The topological polar surface area (TPSA) is 79.7 Å². The Morgan fingerprint density at radius 1 is 1.03 bits per heavy atom. The molecule has 3 heterocycles. The quantitative estimate of drug-likeness (QED) is 0.518. The van der Waals surface area contributed by atoms with Gasteiger partial charge in [-0.05, 0) is 97.3 Å². The lowest BCUT2D eigenvalue weighted by molar-refractivity contribution is 0.185. The number of fused-ring (bicyclic) bond motifs is 2. The number of H-pyrrole nitrogens is 1. The van der Waals surface area contributed by atoms with Crippen molar-refractivity contribution < 1.29 is 0 Å². The van der Waals surface area contributed by atoms with Crippen LogP contribution in [-0.4, -0.2) is 36.6 Å². The minimum absolute atomic E-state index is 0.0990. The Morgan fingerprint density at radius 2 is 1.76 bits per heavy atom. The molecule has 5 rings (SSSR count). The standard InChI is InChI=1S/C26H30N6O/c1-16-12-20-14-21(25(33)27-22(20)13-17(16)2)23(24-28-29-30-32(24)26(3,4)5)31-11-10-18-8-6-7-9-19(18)15-31/h6-9,12-14,23H,10-11,15H2,1-5H3,(H,27,33)/t23-/m1/s1. The van der Waals surface area contributed by atoms with Crippen LogP contribution < -0.4 is 5.56 Å². The lowest BCUT2D eigenvalue weighted by Gasteiger charge is -2.36. The molecule has 0 fully saturated rings. The van der Waals surface area contributed by atoms with Gasteiger partial charge in [-0.25, -0.2) is 4.68 Å². The van der Waals surface area contributed by atoms with Gasteiger partial charge in [0.2, 0.25) is 0 Å². The summed E-state index contributed by atoms with van der Waals surface area (Å²) in [5.41, 5.74) is 6.11. The maximum absolute atomic E-state index is 13.5. The molecule has 0 spiro atoms. The van der Waals surface area contributed by atoms with Crippen LogP contribution in [0.1, 0.15) is 60.5 Å². The Kier molecular flexibility index (Phi) is 5.16. The molecule has 7 heteroatoms. The van der Waals surface area contributed by atoms with Crippen molar-refractivity contribution in [3.05, 3.63) is 86.5 Å². The molecule has 33 heavy (non-hydrogen) atoms. The van der Waals surface area contributed by atoms with Gasteiger partial charge in [0.25, 0.3) is 5.56 Å². The summed E-state index contributed by atoms with van der Waals surface area (Å²) in [7, 11) is 0. The largest absolute Gasteiger partial charge is 0.322 e. The number of nitrogens with one attached hydrogen (secondary N) is 1. The monoisotopic (exact) mass is 442 g/mol. The Hall–Kier alpha value is -3.32. The molecular weight excluding hydrogens is 412 g/mol. The zero-order chi connectivity index (χ0) is 23.3. The first kappa shape index (κ1) is 21.5. The van der Waals surface area contributed by atoms with Crippen molar-refractivity contribution >= 4 is 10.9 Å². The van der Waals surface area contributed by atoms with E-state index in [1.54, 1.807) is 0 Å². The predicted octanol–water partition coefficient (Wildman–Crippen LogP) is 4.03. The molecule has 1 aliphatic heterocycles. The molecule has 0 unspecified atom stereocenters. The van der Waals surface area contributed by atoms with Crippen LogP contribution in [0.2, 0.25) is 0 Å². The van der Waals surface area contributed by atoms with Crippen molar-refractivity contribution in [3.63, 3.8) is 0 Å². The lowest BCUT2D eigenvalue weighted by atomic mass is 9.95. The fourth-order valence-electron chi connectivity index (χ4n) is 4.78. The first-order chi connectivity index (χ1) is 15.7. The molecule has 4 aromatic rings. The number of aryl methyl sites for hydroxylation is 2. The smallest absolute Gasteiger partial charge is 0.253 e. The summed E-state index contributed by atoms with van der Waals surface area (Å²) in [4.78, 5) is 18.9. The van der Waals surface area contributed by atoms with Crippen molar-refractivity contribution in [2.45, 2.75) is 59.2 Å². The van der Waals surface area contributed by atoms with Gasteiger partial charge in [-0.15, -0.1) is 5.10 Å². The Balaban J connectivity index is 1.70. The minimum Gasteiger partial charge on any atom is -0.322 e. The van der Waals surface area contributed by atoms with Crippen molar-refractivity contribution in [1.82, 2.24) is 30.1 Å². The van der Waals surface area contributed by atoms with Crippen LogP contribution in [0.3, 0.4) is 0 Å². The minimum atomic E-state index is -0.359. The third-order valence-electron chi connectivity index (χ3n) is 6.68. The van der Waals surface area contributed by atoms with Gasteiger partial charge in [-0.1, -0.05) is 24.3 Å². The fraction of sp³-hybridized carbons (Fsp3) is 0.385. The summed E-state index contributed by atoms with van der Waals surface area (Å²) in [6.07, 6.45) is 0.924. The van der Waals surface area contributed by atoms with Gasteiger partial charge in [0.15, 0.2) is 5.82 Å². The second-order valence-electron chi connectivity index (χ2n) is 10.1. The molecule has 0 saturated heterocycles. The van der Waals surface area contributed by atoms with E-state index in [-0.39, 0.29) is 17.1 Å². The molecule has 0 radical (unpaired) electrons. The van der Waals surface area contributed by atoms with Gasteiger partial charge in [-0.2, -0.15) is 0 Å². The summed E-state index contributed by atoms with van der Waals surface area (Å²) in [5.74, 6) is 0.690. The highest BCUT2D eigenvalue weighted by atomic mass is 16.1. The van der Waals surface area contributed by atoms with Gasteiger partial charge in [-0.3, -0.25) is 9.69 Å². The summed E-state index contributed by atoms with van der Waals surface area (Å²) >= 11 is 0. The van der Waals surface area contributed by atoms with E-state index < -0.39 is 0 Å². The van der Waals surface area contributed by atoms with Gasteiger partial charge in [0, 0.05) is 24.2 Å². The Morgan fingerprint density at radius 3 is 2.52 bits per heavy atom. The highest BCUT2D eigenvalue weighted by molar-refractivity contribution is 5.81. The second-order valence-corrected chi connectivity index (χ2v) is 10.1. The number of benzene rings is 2. The normalized spacial score (nSPS) is 15.5. The number of aromatic amines is 1. The number of hydrogen-bond acceptors (Lipinski definition) is 5. The van der Waals surface area contributed by atoms with E-state index in [0.29, 0.717) is 11.4 Å². The zero-order valence-corrected chi connectivity index (χ0v) is 19.9. The fourth-order valence-corrected chi connectivity index (χ4v) is 4.78. The average Bonchev–Trinajstić information content (AvgIpc) is 3.26. The summed E-state index contributed by atoms with van der Waals surface area (Å²) in [6.45, 7) is 11.9. The van der Waals surface area contributed by atoms with E-state index in [0.717, 1.165) is 36.0 Å². The molecule has 0 amide bonds. The van der Waals surface area contributed by atoms with E-state index in [2.05, 4.69) is 90.4 Å². The summed E-state index contributed by atoms with van der Waals surface area (Å²) in [6, 6.07) is 14.4. The van der Waals surface area contributed by atoms with Crippen molar-refractivity contribution in [3.8, 4) is 0 Å².